The van der Waals surface area contributed by atoms with E-state index in [4.69, 9.17) is 9.47 Å². The number of rotatable bonds is 42. The maximum Gasteiger partial charge on any atom is 0.328 e. The second-order valence-corrected chi connectivity index (χ2v) is 18.7. The van der Waals surface area contributed by atoms with Gasteiger partial charge in [0.1, 0.15) is 5.52 Å². The van der Waals surface area contributed by atoms with Crippen LogP contribution in [0.3, 0.4) is 0 Å². The standard InChI is InChI=1S/C54H93N7O5/c1-6-10-13-15-17-19-21-23-25-29-37-59(9-4)40-33-41-60(38-30-26-24-22-20-18-16-14-11-7-2)39-31-27-28-36-48(62)55-51-50-52(58-53(57-51)66-42-12-8-3)61(54(64)56-50)45-47-35-32-34-46(43-47)44-49(63)65-5/h32,34-35,43H,6-31,33,36-42,44-45H2,1-5H3,(H,56,64)(H,55,57,58,62). The summed E-state index contributed by atoms with van der Waals surface area (Å²) in [7, 11) is 1.37. The minimum atomic E-state index is -0.377. The maximum absolute atomic E-state index is 13.4. The highest BCUT2D eigenvalue weighted by Gasteiger charge is 2.19. The molecule has 2 N–H and O–H groups in total. The van der Waals surface area contributed by atoms with E-state index >= 15 is 0 Å². The molecule has 0 radical (unpaired) electrons. The van der Waals surface area contributed by atoms with Gasteiger partial charge in [0.15, 0.2) is 11.5 Å². The number of fused-ring (bicyclic) bond motifs is 1. The van der Waals surface area contributed by atoms with Crippen molar-refractivity contribution in [1.29, 1.82) is 0 Å². The molecule has 0 fully saturated rings. The number of aromatic amines is 1. The van der Waals surface area contributed by atoms with Gasteiger partial charge in [-0.3, -0.25) is 14.2 Å². The Hall–Kier alpha value is -3.77. The number of imidazole rings is 1. The van der Waals surface area contributed by atoms with E-state index in [1.807, 2.05) is 24.3 Å². The van der Waals surface area contributed by atoms with Crippen molar-refractivity contribution in [2.75, 3.05) is 58.3 Å². The molecule has 12 nitrogen and oxygen atoms in total. The van der Waals surface area contributed by atoms with Gasteiger partial charge in [-0.25, -0.2) is 4.79 Å². The van der Waals surface area contributed by atoms with Crippen LogP contribution in [0.4, 0.5) is 5.82 Å². The Morgan fingerprint density at radius 2 is 1.15 bits per heavy atom. The highest BCUT2D eigenvalue weighted by molar-refractivity contribution is 5.97. The van der Waals surface area contributed by atoms with Gasteiger partial charge in [-0.15, -0.1) is 0 Å². The second kappa shape index (κ2) is 36.3. The number of aromatic nitrogens is 4. The minimum absolute atomic E-state index is 0.113. The number of anilines is 1. The molecule has 0 unspecified atom stereocenters. The summed E-state index contributed by atoms with van der Waals surface area (Å²) in [4.78, 5) is 56.1. The van der Waals surface area contributed by atoms with E-state index in [-0.39, 0.29) is 42.4 Å². The molecule has 0 atom stereocenters. The average molecular weight is 920 g/mol. The Morgan fingerprint density at radius 3 is 1.73 bits per heavy atom. The zero-order chi connectivity index (χ0) is 47.5. The van der Waals surface area contributed by atoms with Crippen molar-refractivity contribution < 1.29 is 19.1 Å². The molecule has 12 heteroatoms. The topological polar surface area (TPSA) is 135 Å². The van der Waals surface area contributed by atoms with Crippen LogP contribution in [0.25, 0.3) is 11.2 Å². The zero-order valence-corrected chi connectivity index (χ0v) is 42.5. The molecule has 2 heterocycles. The minimum Gasteiger partial charge on any atom is -0.469 e. The summed E-state index contributed by atoms with van der Waals surface area (Å²) in [6, 6.07) is 7.59. The molecule has 0 bridgehead atoms. The summed E-state index contributed by atoms with van der Waals surface area (Å²) in [6.07, 6.45) is 33.6. The number of carbonyl (C=O) groups is 2. The highest BCUT2D eigenvalue weighted by Crippen LogP contribution is 2.23. The molecular formula is C54H93N7O5. The third-order valence-electron chi connectivity index (χ3n) is 12.9. The summed E-state index contributed by atoms with van der Waals surface area (Å²) in [5.41, 5.74) is 1.93. The van der Waals surface area contributed by atoms with Gasteiger partial charge in [-0.1, -0.05) is 180 Å². The average Bonchev–Trinajstić information content (AvgIpc) is 3.63. The second-order valence-electron chi connectivity index (χ2n) is 18.7. The number of esters is 1. The molecule has 1 aromatic carbocycles. The van der Waals surface area contributed by atoms with Crippen LogP contribution in [0.2, 0.25) is 0 Å². The van der Waals surface area contributed by atoms with Crippen LogP contribution in [0, 0.1) is 0 Å². The van der Waals surface area contributed by atoms with Gasteiger partial charge in [0.25, 0.3) is 0 Å². The smallest absolute Gasteiger partial charge is 0.328 e. The molecule has 0 spiro atoms. The van der Waals surface area contributed by atoms with Crippen LogP contribution in [0.1, 0.15) is 212 Å². The Labute approximate surface area is 400 Å². The van der Waals surface area contributed by atoms with E-state index in [9.17, 15) is 14.4 Å². The van der Waals surface area contributed by atoms with Crippen molar-refractivity contribution in [3.05, 3.63) is 45.9 Å². The van der Waals surface area contributed by atoms with Gasteiger partial charge in [0, 0.05) is 6.42 Å². The number of carbonyl (C=O) groups excluding carboxylic acids is 2. The quantitative estimate of drug-likeness (QED) is 0.0421. The molecule has 0 aliphatic carbocycles. The van der Waals surface area contributed by atoms with Crippen molar-refractivity contribution in [2.45, 2.75) is 214 Å². The molecule has 2 aromatic heterocycles. The lowest BCUT2D eigenvalue weighted by molar-refractivity contribution is -0.139. The van der Waals surface area contributed by atoms with Crippen LogP contribution in [0.15, 0.2) is 29.1 Å². The fourth-order valence-corrected chi connectivity index (χ4v) is 8.80. The van der Waals surface area contributed by atoms with Crippen molar-refractivity contribution in [1.82, 2.24) is 29.3 Å². The number of hydrogen-bond donors (Lipinski definition) is 2. The zero-order valence-electron chi connectivity index (χ0n) is 42.5. The molecule has 3 aromatic rings. The molecular weight excluding hydrogens is 827 g/mol. The van der Waals surface area contributed by atoms with E-state index in [1.165, 1.54) is 160 Å². The summed E-state index contributed by atoms with van der Waals surface area (Å²) in [6.45, 7) is 16.5. The third-order valence-corrected chi connectivity index (χ3v) is 12.9. The Morgan fingerprint density at radius 1 is 0.636 bits per heavy atom. The van der Waals surface area contributed by atoms with Gasteiger partial charge in [0.05, 0.1) is 26.7 Å². The largest absolute Gasteiger partial charge is 0.469 e. The van der Waals surface area contributed by atoms with Gasteiger partial charge >= 0.3 is 17.7 Å². The molecule has 0 aliphatic heterocycles. The Balaban J connectivity index is 1.52. The lowest BCUT2D eigenvalue weighted by Crippen LogP contribution is -2.32. The number of ether oxygens (including phenoxy) is 2. The SMILES string of the molecule is CCCCCCCCCCCCN(CC)CCCN(CCCCCCCCCCCC)CCCCCC(=O)Nc1nc(OCCCC)nc2c1[nH]c(=O)n2Cc1cccc(CC(=O)OC)c1. The van der Waals surface area contributed by atoms with Crippen molar-refractivity contribution >= 4 is 28.9 Å². The lowest BCUT2D eigenvalue weighted by Gasteiger charge is -2.25. The van der Waals surface area contributed by atoms with E-state index in [0.29, 0.717) is 24.2 Å². The maximum atomic E-state index is 13.4. The first-order valence-corrected chi connectivity index (χ1v) is 26.8. The first-order valence-electron chi connectivity index (χ1n) is 26.8. The predicted molar refractivity (Wildman–Crippen MR) is 274 cm³/mol. The van der Waals surface area contributed by atoms with Crippen LogP contribution in [-0.2, 0) is 27.3 Å². The number of amides is 1. The van der Waals surface area contributed by atoms with E-state index in [0.717, 1.165) is 69.4 Å². The normalized spacial score (nSPS) is 11.6. The third kappa shape index (κ3) is 24.3. The molecule has 0 saturated heterocycles. The van der Waals surface area contributed by atoms with Crippen molar-refractivity contribution in [2.24, 2.45) is 0 Å². The number of nitrogens with one attached hydrogen (secondary N) is 2. The number of benzene rings is 1. The summed E-state index contributed by atoms with van der Waals surface area (Å²) in [5, 5.41) is 2.98. The molecule has 0 saturated carbocycles. The van der Waals surface area contributed by atoms with Gasteiger partial charge in [-0.2, -0.15) is 9.97 Å². The van der Waals surface area contributed by atoms with Crippen molar-refractivity contribution in [3.63, 3.8) is 0 Å². The molecule has 1 amide bonds. The molecule has 0 aliphatic rings. The lowest BCUT2D eigenvalue weighted by atomic mass is 10.1. The van der Waals surface area contributed by atoms with Crippen LogP contribution in [-0.4, -0.2) is 94.2 Å². The van der Waals surface area contributed by atoms with Crippen LogP contribution in [0.5, 0.6) is 6.01 Å². The Kier molecular flexibility index (Phi) is 31.1. The highest BCUT2D eigenvalue weighted by atomic mass is 16.5. The van der Waals surface area contributed by atoms with Gasteiger partial charge < -0.3 is 29.6 Å². The van der Waals surface area contributed by atoms with Crippen molar-refractivity contribution in [3.8, 4) is 6.01 Å². The number of methoxy groups -OCH3 is 1. The summed E-state index contributed by atoms with van der Waals surface area (Å²) >= 11 is 0. The molecule has 66 heavy (non-hydrogen) atoms. The summed E-state index contributed by atoms with van der Waals surface area (Å²) < 4.78 is 12.2. The first-order chi connectivity index (χ1) is 32.3. The van der Waals surface area contributed by atoms with Crippen LogP contribution < -0.4 is 15.7 Å². The fraction of sp³-hybridized carbons (Fsp3) is 0.759. The van der Waals surface area contributed by atoms with E-state index in [2.05, 4.69) is 57.8 Å². The number of unbranched alkanes of at least 4 members (excludes halogenated alkanes) is 21. The monoisotopic (exact) mass is 920 g/mol. The van der Waals surface area contributed by atoms with Crippen LogP contribution >= 0.6 is 0 Å². The number of nitrogens with zero attached hydrogens (tertiary/aromatic N) is 5. The summed E-state index contributed by atoms with van der Waals surface area (Å²) in [5.74, 6) is -0.245. The molecule has 3 rings (SSSR count). The van der Waals surface area contributed by atoms with Gasteiger partial charge in [-0.05, 0) is 88.9 Å². The number of hydrogen-bond acceptors (Lipinski definition) is 9. The predicted octanol–water partition coefficient (Wildman–Crippen LogP) is 12.4. The molecule has 374 valence electrons. The number of H-pyrrole nitrogens is 1. The van der Waals surface area contributed by atoms with E-state index in [1.54, 1.807) is 0 Å². The van der Waals surface area contributed by atoms with Gasteiger partial charge in [0.2, 0.25) is 5.91 Å². The Bertz CT molecular complexity index is 1780. The fourth-order valence-electron chi connectivity index (χ4n) is 8.80. The first kappa shape index (κ1) is 56.6. The van der Waals surface area contributed by atoms with E-state index < -0.39 is 0 Å².